The molecule has 9 nitrogen and oxygen atoms in total. The monoisotopic (exact) mass is 335 g/mol. The molecule has 1 aromatic heterocycles. The number of nitro groups is 1. The Morgan fingerprint density at radius 2 is 1.88 bits per heavy atom. The van der Waals surface area contributed by atoms with E-state index in [4.69, 9.17) is 5.73 Å². The quantitative estimate of drug-likeness (QED) is 0.643. The summed E-state index contributed by atoms with van der Waals surface area (Å²) < 4.78 is 0. The lowest BCUT2D eigenvalue weighted by Crippen LogP contribution is -2.45. The van der Waals surface area contributed by atoms with E-state index in [0.717, 1.165) is 52.1 Å². The van der Waals surface area contributed by atoms with Crippen LogP contribution in [0.15, 0.2) is 0 Å². The van der Waals surface area contributed by atoms with E-state index in [-0.39, 0.29) is 11.5 Å². The van der Waals surface area contributed by atoms with Crippen molar-refractivity contribution in [3.05, 3.63) is 10.1 Å². The number of nitrogens with two attached hydrogens (primary N) is 1. The van der Waals surface area contributed by atoms with Gasteiger partial charge in [0.25, 0.3) is 0 Å². The van der Waals surface area contributed by atoms with Crippen LogP contribution in [0.25, 0.3) is 0 Å². The van der Waals surface area contributed by atoms with Gasteiger partial charge in [-0.15, -0.1) is 0 Å². The Labute approximate surface area is 141 Å². The van der Waals surface area contributed by atoms with Gasteiger partial charge in [-0.1, -0.05) is 6.92 Å². The third-order valence-corrected chi connectivity index (χ3v) is 4.81. The first-order valence-corrected chi connectivity index (χ1v) is 8.46. The third-order valence-electron chi connectivity index (χ3n) is 4.81. The summed E-state index contributed by atoms with van der Waals surface area (Å²) >= 11 is 0. The smallest absolute Gasteiger partial charge is 0.353 e. The molecule has 3 rings (SSSR count). The van der Waals surface area contributed by atoms with Gasteiger partial charge in [0.2, 0.25) is 17.6 Å². The molecule has 132 valence electrons. The summed E-state index contributed by atoms with van der Waals surface area (Å²) in [5, 5.41) is 11.5. The standard InChI is InChI=1S/C15H25N7O2/c1-11-4-3-5-21(10-11)14-12(22(23)24)13(16)17-15(18-14)20-8-6-19(2)7-9-20/h11H,3-10H2,1-2H3,(H2,16,17,18)/t11-/m1/s1. The minimum atomic E-state index is -0.461. The highest BCUT2D eigenvalue weighted by Gasteiger charge is 2.31. The molecule has 9 heteroatoms. The first kappa shape index (κ1) is 16.7. The van der Waals surface area contributed by atoms with E-state index in [0.29, 0.717) is 17.7 Å². The van der Waals surface area contributed by atoms with Gasteiger partial charge < -0.3 is 20.4 Å². The maximum atomic E-state index is 11.5. The molecule has 3 heterocycles. The Morgan fingerprint density at radius 1 is 1.17 bits per heavy atom. The molecule has 24 heavy (non-hydrogen) atoms. The van der Waals surface area contributed by atoms with Crippen LogP contribution < -0.4 is 15.5 Å². The van der Waals surface area contributed by atoms with Gasteiger partial charge in [-0.25, -0.2) is 0 Å². The number of likely N-dealkylation sites (N-methyl/N-ethyl adjacent to an activating group) is 1. The molecule has 0 spiro atoms. The molecule has 1 aromatic rings. The first-order valence-electron chi connectivity index (χ1n) is 8.46. The summed E-state index contributed by atoms with van der Waals surface area (Å²) in [6.45, 7) is 7.10. The second kappa shape index (κ2) is 6.76. The number of piperidine rings is 1. The van der Waals surface area contributed by atoms with E-state index in [1.807, 2.05) is 4.90 Å². The fourth-order valence-corrected chi connectivity index (χ4v) is 3.37. The van der Waals surface area contributed by atoms with Crippen LogP contribution in [0.5, 0.6) is 0 Å². The molecular formula is C15H25N7O2. The molecule has 2 N–H and O–H groups in total. The zero-order valence-electron chi connectivity index (χ0n) is 14.3. The molecule has 2 aliphatic heterocycles. The number of nitrogens with zero attached hydrogens (tertiary/aromatic N) is 6. The van der Waals surface area contributed by atoms with Gasteiger partial charge >= 0.3 is 5.69 Å². The third kappa shape index (κ3) is 3.35. The summed E-state index contributed by atoms with van der Waals surface area (Å²) in [4.78, 5) is 26.1. The predicted octanol–water partition coefficient (Wildman–Crippen LogP) is 0.955. The molecule has 0 radical (unpaired) electrons. The molecule has 0 bridgehead atoms. The van der Waals surface area contributed by atoms with Crippen LogP contribution in [0.1, 0.15) is 19.8 Å². The molecule has 2 saturated heterocycles. The van der Waals surface area contributed by atoms with Crippen LogP contribution in [-0.2, 0) is 0 Å². The summed E-state index contributed by atoms with van der Waals surface area (Å²) in [5.74, 6) is 1.31. The molecular weight excluding hydrogens is 310 g/mol. The van der Waals surface area contributed by atoms with Crippen LogP contribution in [0.2, 0.25) is 0 Å². The number of hydrogen-bond acceptors (Lipinski definition) is 8. The number of anilines is 3. The van der Waals surface area contributed by atoms with Crippen LogP contribution in [-0.4, -0.2) is 66.1 Å². The van der Waals surface area contributed by atoms with Gasteiger partial charge in [0, 0.05) is 39.3 Å². The number of aromatic nitrogens is 2. The first-order chi connectivity index (χ1) is 11.5. The largest absolute Gasteiger partial charge is 0.378 e. The van der Waals surface area contributed by atoms with Gasteiger partial charge in [0.05, 0.1) is 4.92 Å². The molecule has 0 aliphatic carbocycles. The molecule has 0 saturated carbocycles. The lowest BCUT2D eigenvalue weighted by atomic mass is 10.0. The van der Waals surface area contributed by atoms with Crippen molar-refractivity contribution in [2.24, 2.45) is 5.92 Å². The van der Waals surface area contributed by atoms with Crippen LogP contribution in [0.3, 0.4) is 0 Å². The van der Waals surface area contributed by atoms with E-state index in [1.165, 1.54) is 0 Å². The molecule has 0 aromatic carbocycles. The molecule has 0 unspecified atom stereocenters. The summed E-state index contributed by atoms with van der Waals surface area (Å²) in [6.07, 6.45) is 2.14. The van der Waals surface area contributed by atoms with Crippen LogP contribution >= 0.6 is 0 Å². The summed E-state index contributed by atoms with van der Waals surface area (Å²) in [5.41, 5.74) is 5.78. The van der Waals surface area contributed by atoms with Gasteiger partial charge in [-0.05, 0) is 25.8 Å². The SMILES string of the molecule is C[C@@H]1CCCN(c2nc(N3CCN(C)CC3)nc(N)c2[N+](=O)[O-])C1. The summed E-state index contributed by atoms with van der Waals surface area (Å²) in [7, 11) is 2.07. The van der Waals surface area contributed by atoms with Crippen molar-refractivity contribution >= 4 is 23.3 Å². The Balaban J connectivity index is 1.96. The number of rotatable bonds is 3. The van der Waals surface area contributed by atoms with Crippen LogP contribution in [0.4, 0.5) is 23.3 Å². The highest BCUT2D eigenvalue weighted by atomic mass is 16.6. The van der Waals surface area contributed by atoms with E-state index >= 15 is 0 Å². The fraction of sp³-hybridized carbons (Fsp3) is 0.733. The van der Waals surface area contributed by atoms with Crippen molar-refractivity contribution in [1.82, 2.24) is 14.9 Å². The molecule has 1 atom stereocenters. The van der Waals surface area contributed by atoms with Crippen molar-refractivity contribution < 1.29 is 4.92 Å². The lowest BCUT2D eigenvalue weighted by Gasteiger charge is -2.34. The number of hydrogen-bond donors (Lipinski definition) is 1. The highest BCUT2D eigenvalue weighted by Crippen LogP contribution is 2.35. The Bertz CT molecular complexity index is 616. The zero-order chi connectivity index (χ0) is 17.3. The Kier molecular flexibility index (Phi) is 4.70. The van der Waals surface area contributed by atoms with Gasteiger partial charge in [0.1, 0.15) is 0 Å². The predicted molar refractivity (Wildman–Crippen MR) is 93.4 cm³/mol. The fourth-order valence-electron chi connectivity index (χ4n) is 3.37. The molecule has 2 aliphatic rings. The number of nitrogen functional groups attached to an aromatic ring is 1. The Hall–Kier alpha value is -2.16. The van der Waals surface area contributed by atoms with Gasteiger partial charge in [0.15, 0.2) is 0 Å². The van der Waals surface area contributed by atoms with Crippen molar-refractivity contribution in [3.8, 4) is 0 Å². The number of piperazine rings is 1. The summed E-state index contributed by atoms with van der Waals surface area (Å²) in [6, 6.07) is 0. The lowest BCUT2D eigenvalue weighted by molar-refractivity contribution is -0.383. The molecule has 0 amide bonds. The van der Waals surface area contributed by atoms with Gasteiger partial charge in [-0.2, -0.15) is 9.97 Å². The van der Waals surface area contributed by atoms with E-state index < -0.39 is 4.92 Å². The minimum absolute atomic E-state index is 0.0443. The van der Waals surface area contributed by atoms with Gasteiger partial charge in [-0.3, -0.25) is 10.1 Å². The second-order valence-corrected chi connectivity index (χ2v) is 6.82. The van der Waals surface area contributed by atoms with E-state index in [2.05, 4.69) is 33.7 Å². The van der Waals surface area contributed by atoms with Crippen LogP contribution in [0, 0.1) is 16.0 Å². The van der Waals surface area contributed by atoms with Crippen molar-refractivity contribution in [2.45, 2.75) is 19.8 Å². The topological polar surface area (TPSA) is 105 Å². The molecule has 2 fully saturated rings. The average molecular weight is 335 g/mol. The van der Waals surface area contributed by atoms with E-state index in [9.17, 15) is 10.1 Å². The normalized spacial score (nSPS) is 22.7. The maximum Gasteiger partial charge on any atom is 0.353 e. The Morgan fingerprint density at radius 3 is 2.50 bits per heavy atom. The highest BCUT2D eigenvalue weighted by molar-refractivity contribution is 5.71. The average Bonchev–Trinajstić information content (AvgIpc) is 2.54. The van der Waals surface area contributed by atoms with E-state index in [1.54, 1.807) is 0 Å². The second-order valence-electron chi connectivity index (χ2n) is 6.82. The van der Waals surface area contributed by atoms with Crippen molar-refractivity contribution in [2.75, 3.05) is 61.8 Å². The zero-order valence-corrected chi connectivity index (χ0v) is 14.3. The maximum absolute atomic E-state index is 11.5. The minimum Gasteiger partial charge on any atom is -0.378 e. The van der Waals surface area contributed by atoms with Crippen molar-refractivity contribution in [1.29, 1.82) is 0 Å². The van der Waals surface area contributed by atoms with Crippen molar-refractivity contribution in [3.63, 3.8) is 0 Å².